The van der Waals surface area contributed by atoms with Crippen molar-refractivity contribution >= 4 is 11.6 Å². The average Bonchev–Trinajstić information content (AvgIpc) is 2.38. The largest absolute Gasteiger partial charge is 0.486 e. The maximum atomic E-state index is 5.97. The molecule has 4 heteroatoms. The number of pyridine rings is 1. The van der Waals surface area contributed by atoms with Crippen molar-refractivity contribution in [2.45, 2.75) is 51.4 Å². The van der Waals surface area contributed by atoms with Gasteiger partial charge in [-0.05, 0) is 39.8 Å². The van der Waals surface area contributed by atoms with Gasteiger partial charge in [-0.1, -0.05) is 11.6 Å². The van der Waals surface area contributed by atoms with E-state index in [4.69, 9.17) is 21.1 Å². The molecule has 0 aliphatic carbocycles. The Balaban J connectivity index is 2.11. The van der Waals surface area contributed by atoms with Crippen LogP contribution in [-0.4, -0.2) is 22.3 Å². The SMILES string of the molecule is CC1(C)CC(Oc2ccc(Cl)nc2)C(C)(C)O1. The van der Waals surface area contributed by atoms with Gasteiger partial charge in [-0.2, -0.15) is 0 Å². The van der Waals surface area contributed by atoms with Crippen LogP contribution in [0.4, 0.5) is 0 Å². The van der Waals surface area contributed by atoms with Crippen LogP contribution in [0.1, 0.15) is 34.1 Å². The zero-order chi connectivity index (χ0) is 12.7. The summed E-state index contributed by atoms with van der Waals surface area (Å²) in [6, 6.07) is 3.56. The van der Waals surface area contributed by atoms with E-state index < -0.39 is 0 Å². The van der Waals surface area contributed by atoms with Crippen molar-refractivity contribution in [2.75, 3.05) is 0 Å². The van der Waals surface area contributed by atoms with Crippen LogP contribution in [0, 0.1) is 0 Å². The molecular formula is C13H18ClNO2. The Bertz CT molecular complexity index is 400. The number of rotatable bonds is 2. The van der Waals surface area contributed by atoms with E-state index in [0.717, 1.165) is 12.2 Å². The zero-order valence-corrected chi connectivity index (χ0v) is 11.4. The van der Waals surface area contributed by atoms with Crippen molar-refractivity contribution in [1.82, 2.24) is 4.98 Å². The van der Waals surface area contributed by atoms with Crippen LogP contribution in [0.5, 0.6) is 5.75 Å². The molecule has 1 aromatic rings. The summed E-state index contributed by atoms with van der Waals surface area (Å²) in [5.41, 5.74) is -0.433. The summed E-state index contributed by atoms with van der Waals surface area (Å²) < 4.78 is 11.9. The van der Waals surface area contributed by atoms with E-state index in [1.165, 1.54) is 0 Å². The topological polar surface area (TPSA) is 31.4 Å². The van der Waals surface area contributed by atoms with E-state index in [2.05, 4.69) is 32.7 Å². The minimum Gasteiger partial charge on any atom is -0.486 e. The van der Waals surface area contributed by atoms with Crippen LogP contribution in [0.15, 0.2) is 18.3 Å². The minimum atomic E-state index is -0.289. The summed E-state index contributed by atoms with van der Waals surface area (Å²) in [6.45, 7) is 8.27. The lowest BCUT2D eigenvalue weighted by Crippen LogP contribution is -2.36. The van der Waals surface area contributed by atoms with Gasteiger partial charge in [0.05, 0.1) is 11.8 Å². The first-order valence-electron chi connectivity index (χ1n) is 5.77. The standard InChI is InChI=1S/C13H18ClNO2/c1-12(2)7-10(13(3,4)17-12)16-9-5-6-11(14)15-8-9/h5-6,8,10H,7H2,1-4H3. The Kier molecular flexibility index (Phi) is 3.08. The van der Waals surface area contributed by atoms with Gasteiger partial charge in [0.2, 0.25) is 0 Å². The monoisotopic (exact) mass is 255 g/mol. The molecule has 0 N–H and O–H groups in total. The first kappa shape index (κ1) is 12.7. The predicted octanol–water partition coefficient (Wildman–Crippen LogP) is 3.46. The quantitative estimate of drug-likeness (QED) is 0.759. The summed E-state index contributed by atoms with van der Waals surface area (Å²) in [6.07, 6.45) is 2.53. The van der Waals surface area contributed by atoms with Gasteiger partial charge in [0.15, 0.2) is 0 Å². The van der Waals surface area contributed by atoms with Gasteiger partial charge in [-0.25, -0.2) is 4.98 Å². The molecule has 1 aromatic heterocycles. The summed E-state index contributed by atoms with van der Waals surface area (Å²) in [5.74, 6) is 0.730. The third-order valence-corrected chi connectivity index (χ3v) is 3.19. The highest BCUT2D eigenvalue weighted by molar-refractivity contribution is 6.29. The third kappa shape index (κ3) is 2.90. The number of halogens is 1. The van der Waals surface area contributed by atoms with E-state index >= 15 is 0 Å². The van der Waals surface area contributed by atoms with Gasteiger partial charge in [0.25, 0.3) is 0 Å². The molecule has 1 saturated heterocycles. The molecule has 2 heterocycles. The van der Waals surface area contributed by atoms with Gasteiger partial charge in [-0.15, -0.1) is 0 Å². The number of nitrogens with zero attached hydrogens (tertiary/aromatic N) is 1. The number of hydrogen-bond donors (Lipinski definition) is 0. The van der Waals surface area contributed by atoms with Crippen molar-refractivity contribution in [3.05, 3.63) is 23.5 Å². The Morgan fingerprint density at radius 3 is 2.53 bits per heavy atom. The Morgan fingerprint density at radius 1 is 1.35 bits per heavy atom. The molecule has 3 nitrogen and oxygen atoms in total. The second-order valence-electron chi connectivity index (χ2n) is 5.59. The molecule has 17 heavy (non-hydrogen) atoms. The molecule has 0 saturated carbocycles. The lowest BCUT2D eigenvalue weighted by Gasteiger charge is -2.27. The maximum Gasteiger partial charge on any atom is 0.138 e. The van der Waals surface area contributed by atoms with Crippen LogP contribution in [0.2, 0.25) is 5.15 Å². The van der Waals surface area contributed by atoms with E-state index in [0.29, 0.717) is 5.15 Å². The molecule has 1 aliphatic rings. The van der Waals surface area contributed by atoms with Crippen LogP contribution in [-0.2, 0) is 4.74 Å². The number of aromatic nitrogens is 1. The summed E-state index contributed by atoms with van der Waals surface area (Å²) in [5, 5.41) is 0.472. The Hall–Kier alpha value is -0.800. The third-order valence-electron chi connectivity index (χ3n) is 2.97. The fraction of sp³-hybridized carbons (Fsp3) is 0.615. The highest BCUT2D eigenvalue weighted by Gasteiger charge is 2.47. The fourth-order valence-corrected chi connectivity index (χ4v) is 2.40. The molecule has 0 bridgehead atoms. The maximum absolute atomic E-state index is 5.97. The second-order valence-corrected chi connectivity index (χ2v) is 5.98. The molecular weight excluding hydrogens is 238 g/mol. The first-order chi connectivity index (χ1) is 7.78. The van der Waals surface area contributed by atoms with Crippen LogP contribution in [0.3, 0.4) is 0 Å². The summed E-state index contributed by atoms with van der Waals surface area (Å²) in [7, 11) is 0. The van der Waals surface area contributed by atoms with Crippen LogP contribution >= 0.6 is 11.6 Å². The van der Waals surface area contributed by atoms with Crippen molar-refractivity contribution in [3.8, 4) is 5.75 Å². The smallest absolute Gasteiger partial charge is 0.138 e. The molecule has 1 atom stereocenters. The van der Waals surface area contributed by atoms with Crippen LogP contribution in [0.25, 0.3) is 0 Å². The average molecular weight is 256 g/mol. The van der Waals surface area contributed by atoms with E-state index in [1.807, 2.05) is 6.07 Å². The fourth-order valence-electron chi connectivity index (χ4n) is 2.29. The molecule has 1 unspecified atom stereocenters. The zero-order valence-electron chi connectivity index (χ0n) is 10.7. The molecule has 2 rings (SSSR count). The number of hydrogen-bond acceptors (Lipinski definition) is 3. The lowest BCUT2D eigenvalue weighted by atomic mass is 9.97. The molecule has 0 aromatic carbocycles. The summed E-state index contributed by atoms with van der Waals surface area (Å²) >= 11 is 5.74. The summed E-state index contributed by atoms with van der Waals surface area (Å²) in [4.78, 5) is 4.00. The molecule has 1 fully saturated rings. The van der Waals surface area contributed by atoms with E-state index in [1.54, 1.807) is 12.3 Å². The normalized spacial score (nSPS) is 25.8. The molecule has 0 spiro atoms. The van der Waals surface area contributed by atoms with E-state index in [-0.39, 0.29) is 17.3 Å². The van der Waals surface area contributed by atoms with Gasteiger partial charge in [0.1, 0.15) is 22.6 Å². The van der Waals surface area contributed by atoms with Gasteiger partial charge in [0, 0.05) is 6.42 Å². The van der Waals surface area contributed by atoms with Crippen molar-refractivity contribution in [1.29, 1.82) is 0 Å². The molecule has 1 aliphatic heterocycles. The molecule has 0 amide bonds. The minimum absolute atomic E-state index is 0.0282. The lowest BCUT2D eigenvalue weighted by molar-refractivity contribution is -0.0846. The van der Waals surface area contributed by atoms with Gasteiger partial charge in [-0.3, -0.25) is 0 Å². The molecule has 94 valence electrons. The highest BCUT2D eigenvalue weighted by Crippen LogP contribution is 2.39. The van der Waals surface area contributed by atoms with Crippen molar-refractivity contribution in [2.24, 2.45) is 0 Å². The Labute approximate surface area is 107 Å². The molecule has 0 radical (unpaired) electrons. The highest BCUT2D eigenvalue weighted by atomic mass is 35.5. The van der Waals surface area contributed by atoms with Gasteiger partial charge >= 0.3 is 0 Å². The van der Waals surface area contributed by atoms with Crippen molar-refractivity contribution in [3.63, 3.8) is 0 Å². The Morgan fingerprint density at radius 2 is 2.06 bits per heavy atom. The van der Waals surface area contributed by atoms with E-state index in [9.17, 15) is 0 Å². The van der Waals surface area contributed by atoms with Crippen molar-refractivity contribution < 1.29 is 9.47 Å². The van der Waals surface area contributed by atoms with Gasteiger partial charge < -0.3 is 9.47 Å². The second kappa shape index (κ2) is 4.14. The predicted molar refractivity (Wildman–Crippen MR) is 67.5 cm³/mol. The van der Waals surface area contributed by atoms with Crippen LogP contribution < -0.4 is 4.74 Å². The first-order valence-corrected chi connectivity index (χ1v) is 6.15. The number of ether oxygens (including phenoxy) is 2.